The van der Waals surface area contributed by atoms with Gasteiger partial charge < -0.3 is 14.6 Å². The van der Waals surface area contributed by atoms with Crippen LogP contribution in [0, 0.1) is 13.8 Å². The number of nitrogens with zero attached hydrogens (tertiary/aromatic N) is 3. The number of aliphatic hydroxyl groups is 1. The summed E-state index contributed by atoms with van der Waals surface area (Å²) in [6.45, 7) is 10.8. The molecule has 0 saturated carbocycles. The van der Waals surface area contributed by atoms with Gasteiger partial charge in [0, 0.05) is 30.7 Å². The maximum atomic E-state index is 12.9. The molecule has 2 heterocycles. The summed E-state index contributed by atoms with van der Waals surface area (Å²) < 4.78 is 2.10. The molecule has 0 fully saturated rings. The van der Waals surface area contributed by atoms with Crippen molar-refractivity contribution >= 4 is 5.91 Å². The molecular weight excluding hydrogens is 302 g/mol. The number of rotatable bonds is 6. The molecule has 0 unspecified atom stereocenters. The molecule has 0 spiro atoms. The Labute approximate surface area is 143 Å². The first-order valence-electron chi connectivity index (χ1n) is 8.31. The molecule has 5 nitrogen and oxygen atoms in total. The maximum Gasteiger partial charge on any atom is 0.255 e. The third-order valence-corrected chi connectivity index (χ3v) is 4.10. The van der Waals surface area contributed by atoms with Gasteiger partial charge in [-0.2, -0.15) is 0 Å². The molecule has 0 bridgehead atoms. The van der Waals surface area contributed by atoms with E-state index in [1.807, 2.05) is 45.0 Å². The van der Waals surface area contributed by atoms with E-state index in [9.17, 15) is 9.90 Å². The second-order valence-corrected chi connectivity index (χ2v) is 6.82. The fourth-order valence-electron chi connectivity index (χ4n) is 2.88. The Morgan fingerprint density at radius 1 is 1.33 bits per heavy atom. The van der Waals surface area contributed by atoms with Crippen molar-refractivity contribution in [3.8, 4) is 0 Å². The van der Waals surface area contributed by atoms with Crippen LogP contribution >= 0.6 is 0 Å². The molecule has 0 atom stereocenters. The minimum absolute atomic E-state index is 0.0417. The molecule has 0 aliphatic carbocycles. The topological polar surface area (TPSA) is 58.4 Å². The van der Waals surface area contributed by atoms with E-state index in [4.69, 9.17) is 0 Å². The third kappa shape index (κ3) is 4.23. The number of pyridine rings is 1. The van der Waals surface area contributed by atoms with Crippen LogP contribution in [0.2, 0.25) is 0 Å². The zero-order valence-electron chi connectivity index (χ0n) is 15.2. The van der Waals surface area contributed by atoms with E-state index in [1.165, 1.54) is 0 Å². The van der Waals surface area contributed by atoms with Crippen molar-refractivity contribution in [2.45, 2.75) is 46.8 Å². The predicted octanol–water partition coefficient (Wildman–Crippen LogP) is 2.78. The largest absolute Gasteiger partial charge is 0.389 e. The average Bonchev–Trinajstić information content (AvgIpc) is 2.80. The van der Waals surface area contributed by atoms with Crippen LogP contribution in [0.25, 0.3) is 0 Å². The third-order valence-electron chi connectivity index (χ3n) is 4.10. The maximum absolute atomic E-state index is 12.9. The number of hydrogen-bond donors (Lipinski definition) is 1. The highest BCUT2D eigenvalue weighted by Gasteiger charge is 2.25. The van der Waals surface area contributed by atoms with Crippen LogP contribution in [0.4, 0.5) is 0 Å². The highest BCUT2D eigenvalue weighted by Crippen LogP contribution is 2.19. The lowest BCUT2D eigenvalue weighted by Crippen LogP contribution is -2.42. The lowest BCUT2D eigenvalue weighted by Gasteiger charge is -2.28. The molecule has 0 aliphatic rings. The zero-order chi connectivity index (χ0) is 17.9. The minimum Gasteiger partial charge on any atom is -0.389 e. The summed E-state index contributed by atoms with van der Waals surface area (Å²) >= 11 is 0. The van der Waals surface area contributed by atoms with Crippen LogP contribution in [-0.4, -0.2) is 44.2 Å². The molecule has 24 heavy (non-hydrogen) atoms. The summed E-state index contributed by atoms with van der Waals surface area (Å²) in [5.74, 6) is -0.0417. The Hall–Kier alpha value is -2.14. The fraction of sp³-hybridized carbons (Fsp3) is 0.474. The highest BCUT2D eigenvalue weighted by molar-refractivity contribution is 5.95. The molecule has 2 aromatic rings. The molecule has 0 radical (unpaired) electrons. The predicted molar refractivity (Wildman–Crippen MR) is 95.1 cm³/mol. The highest BCUT2D eigenvalue weighted by atomic mass is 16.3. The monoisotopic (exact) mass is 329 g/mol. The Morgan fingerprint density at radius 2 is 2.04 bits per heavy atom. The van der Waals surface area contributed by atoms with Crippen molar-refractivity contribution in [1.29, 1.82) is 0 Å². The molecule has 1 amide bonds. The Kier molecular flexibility index (Phi) is 5.44. The quantitative estimate of drug-likeness (QED) is 0.886. The minimum atomic E-state index is -0.912. The van der Waals surface area contributed by atoms with Crippen molar-refractivity contribution in [3.05, 3.63) is 53.1 Å². The molecular formula is C19H27N3O2. The van der Waals surface area contributed by atoms with Gasteiger partial charge in [0.1, 0.15) is 0 Å². The summed E-state index contributed by atoms with van der Waals surface area (Å²) in [5, 5.41) is 10.0. The van der Waals surface area contributed by atoms with Crippen molar-refractivity contribution < 1.29 is 9.90 Å². The van der Waals surface area contributed by atoms with Gasteiger partial charge in [0.15, 0.2) is 0 Å². The number of aromatic nitrogens is 2. The van der Waals surface area contributed by atoms with E-state index in [1.54, 1.807) is 24.9 Å². The van der Waals surface area contributed by atoms with E-state index in [0.29, 0.717) is 25.2 Å². The number of aryl methyl sites for hydroxylation is 1. The first-order chi connectivity index (χ1) is 11.2. The zero-order valence-corrected chi connectivity index (χ0v) is 15.2. The summed E-state index contributed by atoms with van der Waals surface area (Å²) in [5.41, 5.74) is 2.69. The Morgan fingerprint density at radius 3 is 2.58 bits per heavy atom. The molecule has 5 heteroatoms. The van der Waals surface area contributed by atoms with Gasteiger partial charge in [-0.05, 0) is 52.8 Å². The number of carbonyl (C=O) groups excluding carboxylic acids is 1. The van der Waals surface area contributed by atoms with Gasteiger partial charge in [0.2, 0.25) is 0 Å². The SMILES string of the molecule is CCN(CC(C)(C)O)C(=O)c1cc(C)n(Cc2ccccn2)c1C. The van der Waals surface area contributed by atoms with E-state index >= 15 is 0 Å². The van der Waals surface area contributed by atoms with E-state index in [2.05, 4.69) is 9.55 Å². The van der Waals surface area contributed by atoms with Crippen LogP contribution in [0.15, 0.2) is 30.5 Å². The first kappa shape index (κ1) is 18.2. The fourth-order valence-corrected chi connectivity index (χ4v) is 2.88. The van der Waals surface area contributed by atoms with Crippen LogP contribution in [0.1, 0.15) is 48.2 Å². The van der Waals surface area contributed by atoms with Gasteiger partial charge in [-0.25, -0.2) is 0 Å². The molecule has 0 saturated heterocycles. The molecule has 0 aromatic carbocycles. The summed E-state index contributed by atoms with van der Waals surface area (Å²) in [4.78, 5) is 18.9. The lowest BCUT2D eigenvalue weighted by atomic mass is 10.1. The van der Waals surface area contributed by atoms with E-state index in [0.717, 1.165) is 17.1 Å². The van der Waals surface area contributed by atoms with Gasteiger partial charge in [-0.1, -0.05) is 6.07 Å². The second kappa shape index (κ2) is 7.18. The van der Waals surface area contributed by atoms with Gasteiger partial charge in [-0.3, -0.25) is 9.78 Å². The van der Waals surface area contributed by atoms with Crippen LogP contribution in [0.3, 0.4) is 0 Å². The first-order valence-corrected chi connectivity index (χ1v) is 8.31. The number of carbonyl (C=O) groups is 1. The van der Waals surface area contributed by atoms with Crippen LogP contribution in [0.5, 0.6) is 0 Å². The van der Waals surface area contributed by atoms with Gasteiger partial charge >= 0.3 is 0 Å². The van der Waals surface area contributed by atoms with E-state index < -0.39 is 5.60 Å². The van der Waals surface area contributed by atoms with Crippen molar-refractivity contribution in [3.63, 3.8) is 0 Å². The number of hydrogen-bond acceptors (Lipinski definition) is 3. The molecule has 1 N–H and O–H groups in total. The standard InChI is InChI=1S/C19H27N3O2/c1-6-21(13-19(4,5)24)18(23)17-11-14(2)22(15(17)3)12-16-9-7-8-10-20-16/h7-11,24H,6,12-13H2,1-5H3. The van der Waals surface area contributed by atoms with Crippen molar-refractivity contribution in [2.24, 2.45) is 0 Å². The van der Waals surface area contributed by atoms with E-state index in [-0.39, 0.29) is 5.91 Å². The molecule has 2 aromatic heterocycles. The Bertz CT molecular complexity index is 699. The molecule has 2 rings (SSSR count). The van der Waals surface area contributed by atoms with Crippen molar-refractivity contribution in [1.82, 2.24) is 14.5 Å². The second-order valence-electron chi connectivity index (χ2n) is 6.82. The average molecular weight is 329 g/mol. The lowest BCUT2D eigenvalue weighted by molar-refractivity contribution is 0.0314. The smallest absolute Gasteiger partial charge is 0.255 e. The van der Waals surface area contributed by atoms with Crippen LogP contribution in [-0.2, 0) is 6.54 Å². The van der Waals surface area contributed by atoms with Crippen molar-refractivity contribution in [2.75, 3.05) is 13.1 Å². The summed E-state index contributed by atoms with van der Waals surface area (Å²) in [7, 11) is 0. The van der Waals surface area contributed by atoms with Gasteiger partial charge in [-0.15, -0.1) is 0 Å². The van der Waals surface area contributed by atoms with Gasteiger partial charge in [0.05, 0.1) is 23.4 Å². The summed E-state index contributed by atoms with van der Waals surface area (Å²) in [6.07, 6.45) is 1.78. The van der Waals surface area contributed by atoms with Crippen LogP contribution < -0.4 is 0 Å². The number of amides is 1. The normalized spacial score (nSPS) is 11.6. The summed E-state index contributed by atoms with van der Waals surface area (Å²) in [6, 6.07) is 7.76. The Balaban J connectivity index is 2.28. The molecule has 130 valence electrons. The number of likely N-dealkylation sites (N-methyl/N-ethyl adjacent to an activating group) is 1. The molecule has 0 aliphatic heterocycles. The van der Waals surface area contributed by atoms with Gasteiger partial charge in [0.25, 0.3) is 5.91 Å².